The summed E-state index contributed by atoms with van der Waals surface area (Å²) in [6.07, 6.45) is -4.71. The zero-order valence-corrected chi connectivity index (χ0v) is 8.95. The summed E-state index contributed by atoms with van der Waals surface area (Å²) in [7, 11) is 0. The Morgan fingerprint density at radius 1 is 1.35 bits per heavy atom. The van der Waals surface area contributed by atoms with Crippen molar-refractivity contribution in [2.75, 3.05) is 0 Å². The van der Waals surface area contributed by atoms with E-state index in [1.165, 1.54) is 0 Å². The van der Waals surface area contributed by atoms with Crippen LogP contribution in [0, 0.1) is 11.8 Å². The predicted molar refractivity (Wildman–Crippen MR) is 49.0 cm³/mol. The van der Waals surface area contributed by atoms with Crippen LogP contribution in [0.1, 0.15) is 19.8 Å². The van der Waals surface area contributed by atoms with Gasteiger partial charge in [-0.05, 0) is 12.8 Å². The molecule has 1 N–H and O–H groups in total. The van der Waals surface area contributed by atoms with Gasteiger partial charge in [-0.15, -0.1) is 0 Å². The van der Waals surface area contributed by atoms with Gasteiger partial charge in [0.1, 0.15) is 6.29 Å². The van der Waals surface area contributed by atoms with E-state index < -0.39 is 35.2 Å². The van der Waals surface area contributed by atoms with Gasteiger partial charge in [0.25, 0.3) is 5.78 Å². The maximum absolute atomic E-state index is 12.3. The highest BCUT2D eigenvalue weighted by Gasteiger charge is 2.61. The minimum absolute atomic E-state index is 0.0239. The van der Waals surface area contributed by atoms with Crippen molar-refractivity contribution in [3.63, 3.8) is 0 Å². The zero-order chi connectivity index (χ0) is 13.4. The van der Waals surface area contributed by atoms with Gasteiger partial charge >= 0.3 is 6.18 Å². The van der Waals surface area contributed by atoms with Gasteiger partial charge in [-0.2, -0.15) is 13.2 Å². The molecule has 17 heavy (non-hydrogen) atoms. The molecule has 1 aliphatic carbocycles. The Labute approximate surface area is 94.8 Å². The molecule has 0 aromatic carbocycles. The van der Waals surface area contributed by atoms with Crippen molar-refractivity contribution in [2.24, 2.45) is 11.8 Å². The first-order chi connectivity index (χ1) is 7.65. The molecule has 7 heteroatoms. The predicted octanol–water partition coefficient (Wildman–Crippen LogP) is 0.663. The molecule has 0 heterocycles. The number of aldehydes is 1. The van der Waals surface area contributed by atoms with Crippen LogP contribution in [0.3, 0.4) is 0 Å². The molecule has 0 bridgehead atoms. The van der Waals surface area contributed by atoms with Gasteiger partial charge in [0.05, 0.1) is 5.92 Å². The fraction of sp³-hybridized carbons (Fsp3) is 0.700. The molecule has 0 amide bonds. The molecule has 4 nitrogen and oxygen atoms in total. The number of alkyl halides is 3. The van der Waals surface area contributed by atoms with Crippen LogP contribution in [0.25, 0.3) is 0 Å². The highest BCUT2D eigenvalue weighted by Crippen LogP contribution is 2.39. The first kappa shape index (κ1) is 13.8. The highest BCUT2D eigenvalue weighted by atomic mass is 19.4. The highest BCUT2D eigenvalue weighted by molar-refractivity contribution is 6.15. The number of carbonyl (C=O) groups is 3. The van der Waals surface area contributed by atoms with Crippen molar-refractivity contribution in [1.29, 1.82) is 0 Å². The lowest BCUT2D eigenvalue weighted by Crippen LogP contribution is -2.58. The molecular formula is C10H11F3O4. The van der Waals surface area contributed by atoms with Gasteiger partial charge in [-0.25, -0.2) is 0 Å². The summed E-state index contributed by atoms with van der Waals surface area (Å²) in [4.78, 5) is 33.2. The molecule has 2 atom stereocenters. The number of hydrogen-bond acceptors (Lipinski definition) is 4. The van der Waals surface area contributed by atoms with Crippen LogP contribution in [0.5, 0.6) is 0 Å². The van der Waals surface area contributed by atoms with E-state index in [1.807, 2.05) is 0 Å². The van der Waals surface area contributed by atoms with E-state index in [4.69, 9.17) is 0 Å². The van der Waals surface area contributed by atoms with E-state index in [0.717, 1.165) is 6.92 Å². The van der Waals surface area contributed by atoms with E-state index in [1.54, 1.807) is 0 Å². The number of halogens is 3. The first-order valence-electron chi connectivity index (χ1n) is 4.99. The number of hydrogen-bond donors (Lipinski definition) is 1. The minimum Gasteiger partial charge on any atom is -0.374 e. The summed E-state index contributed by atoms with van der Waals surface area (Å²) in [5.74, 6) is -6.25. The van der Waals surface area contributed by atoms with Gasteiger partial charge in [-0.3, -0.25) is 9.59 Å². The summed E-state index contributed by atoms with van der Waals surface area (Å²) in [6.45, 7) is 0.914. The number of carbonyl (C=O) groups excluding carboxylic acids is 3. The lowest BCUT2D eigenvalue weighted by atomic mass is 9.80. The van der Waals surface area contributed by atoms with Crippen LogP contribution in [-0.4, -0.2) is 34.7 Å². The van der Waals surface area contributed by atoms with Crippen molar-refractivity contribution in [3.8, 4) is 0 Å². The van der Waals surface area contributed by atoms with Gasteiger partial charge < -0.3 is 9.90 Å². The molecule has 0 spiro atoms. The molecule has 1 saturated carbocycles. The van der Waals surface area contributed by atoms with Gasteiger partial charge in [-0.1, -0.05) is 6.92 Å². The molecule has 96 valence electrons. The van der Waals surface area contributed by atoms with Crippen LogP contribution in [0.15, 0.2) is 0 Å². The SMILES string of the molecule is CC(C=O)C(O)(C(=O)C1CC1)C(=O)C(F)(F)F. The minimum atomic E-state index is -5.35. The van der Waals surface area contributed by atoms with Gasteiger partial charge in [0.2, 0.25) is 0 Å². The molecule has 0 aromatic rings. The average molecular weight is 252 g/mol. The molecule has 0 aliphatic heterocycles. The fourth-order valence-corrected chi connectivity index (χ4v) is 1.51. The van der Waals surface area contributed by atoms with E-state index >= 15 is 0 Å². The third-order valence-corrected chi connectivity index (χ3v) is 2.79. The second kappa shape index (κ2) is 4.21. The van der Waals surface area contributed by atoms with Crippen LogP contribution in [0.2, 0.25) is 0 Å². The third kappa shape index (κ3) is 2.38. The number of ketones is 2. The van der Waals surface area contributed by atoms with E-state index in [-0.39, 0.29) is 6.29 Å². The summed E-state index contributed by atoms with van der Waals surface area (Å²) in [5, 5.41) is 9.71. The summed E-state index contributed by atoms with van der Waals surface area (Å²) < 4.78 is 36.9. The third-order valence-electron chi connectivity index (χ3n) is 2.79. The lowest BCUT2D eigenvalue weighted by molar-refractivity contribution is -0.196. The summed E-state index contributed by atoms with van der Waals surface area (Å²) in [5.41, 5.74) is -3.28. The van der Waals surface area contributed by atoms with Crippen LogP contribution in [0.4, 0.5) is 13.2 Å². The number of aliphatic hydroxyl groups is 1. The molecule has 0 radical (unpaired) electrons. The van der Waals surface area contributed by atoms with Gasteiger partial charge in [0.15, 0.2) is 11.4 Å². The Kier molecular flexibility index (Phi) is 3.42. The Hall–Kier alpha value is -1.24. The van der Waals surface area contributed by atoms with Gasteiger partial charge in [0, 0.05) is 5.92 Å². The second-order valence-electron chi connectivity index (χ2n) is 4.16. The van der Waals surface area contributed by atoms with Crippen LogP contribution >= 0.6 is 0 Å². The molecule has 2 unspecified atom stereocenters. The monoisotopic (exact) mass is 252 g/mol. The van der Waals surface area contributed by atoms with Crippen molar-refractivity contribution in [2.45, 2.75) is 31.5 Å². The van der Waals surface area contributed by atoms with Crippen LogP contribution < -0.4 is 0 Å². The van der Waals surface area contributed by atoms with Crippen molar-refractivity contribution in [3.05, 3.63) is 0 Å². The molecular weight excluding hydrogens is 241 g/mol. The van der Waals surface area contributed by atoms with Crippen molar-refractivity contribution < 1.29 is 32.7 Å². The molecule has 1 fully saturated rings. The fourth-order valence-electron chi connectivity index (χ4n) is 1.51. The normalized spacial score (nSPS) is 21.5. The van der Waals surface area contributed by atoms with Crippen molar-refractivity contribution in [1.82, 2.24) is 0 Å². The Bertz CT molecular complexity index is 359. The average Bonchev–Trinajstić information content (AvgIpc) is 3.07. The molecule has 1 rings (SSSR count). The molecule has 0 aromatic heterocycles. The Balaban J connectivity index is 3.13. The van der Waals surface area contributed by atoms with E-state index in [2.05, 4.69) is 0 Å². The molecule has 0 saturated heterocycles. The van der Waals surface area contributed by atoms with Crippen LogP contribution in [-0.2, 0) is 14.4 Å². The maximum Gasteiger partial charge on any atom is 0.453 e. The molecule has 1 aliphatic rings. The summed E-state index contributed by atoms with van der Waals surface area (Å²) in [6, 6.07) is 0. The smallest absolute Gasteiger partial charge is 0.374 e. The summed E-state index contributed by atoms with van der Waals surface area (Å²) >= 11 is 0. The maximum atomic E-state index is 12.3. The second-order valence-corrected chi connectivity index (χ2v) is 4.16. The quantitative estimate of drug-likeness (QED) is 0.576. The number of rotatable bonds is 5. The van der Waals surface area contributed by atoms with Crippen molar-refractivity contribution >= 4 is 17.9 Å². The van der Waals surface area contributed by atoms with E-state index in [0.29, 0.717) is 12.8 Å². The standard InChI is InChI=1S/C10H11F3O4/c1-5(4-14)9(17,7(15)6-2-3-6)8(16)10(11,12)13/h4-6,17H,2-3H2,1H3. The lowest BCUT2D eigenvalue weighted by Gasteiger charge is -2.28. The Morgan fingerprint density at radius 2 is 1.82 bits per heavy atom. The largest absolute Gasteiger partial charge is 0.453 e. The zero-order valence-electron chi connectivity index (χ0n) is 8.95. The van der Waals surface area contributed by atoms with E-state index in [9.17, 15) is 32.7 Å². The Morgan fingerprint density at radius 3 is 2.12 bits per heavy atom. The topological polar surface area (TPSA) is 71.4 Å². The number of Topliss-reactive ketones (excluding diaryl/α,β-unsaturated/α-hetero) is 2. The first-order valence-corrected chi connectivity index (χ1v) is 4.99.